The van der Waals surface area contributed by atoms with Gasteiger partial charge in [-0.2, -0.15) is 0 Å². The van der Waals surface area contributed by atoms with Crippen molar-refractivity contribution in [2.24, 2.45) is 0 Å². The lowest BCUT2D eigenvalue weighted by molar-refractivity contribution is 0.662. The molecule has 100 valence electrons. The molecule has 2 rings (SSSR count). The monoisotopic (exact) mass is 355 g/mol. The predicted octanol–water partition coefficient (Wildman–Crippen LogP) is 5.16. The highest BCUT2D eigenvalue weighted by Gasteiger charge is 2.11. The number of hydrogen-bond donors (Lipinski definition) is 1. The van der Waals surface area contributed by atoms with Crippen molar-refractivity contribution in [1.29, 1.82) is 0 Å². The van der Waals surface area contributed by atoms with Gasteiger partial charge >= 0.3 is 0 Å². The van der Waals surface area contributed by atoms with Gasteiger partial charge in [-0.1, -0.05) is 35.9 Å². The fraction of sp³-hybridized carbons (Fsp3) is 0.200. The van der Waals surface area contributed by atoms with Gasteiger partial charge in [0, 0.05) is 26.2 Å². The van der Waals surface area contributed by atoms with Gasteiger partial charge in [0.1, 0.15) is 0 Å². The normalized spacial score (nSPS) is 12.4. The highest BCUT2D eigenvalue weighted by Crippen LogP contribution is 2.30. The first-order valence-corrected chi connectivity index (χ1v) is 8.16. The Labute approximate surface area is 131 Å². The van der Waals surface area contributed by atoms with Crippen LogP contribution in [-0.4, -0.2) is 12.8 Å². The molecule has 1 atom stereocenters. The van der Waals surface area contributed by atoms with Gasteiger partial charge in [-0.15, -0.1) is 11.8 Å². The molecule has 1 unspecified atom stereocenters. The molecule has 0 heterocycles. The Hall–Kier alpha value is -0.480. The van der Waals surface area contributed by atoms with E-state index in [1.807, 2.05) is 43.1 Å². The first-order valence-electron chi connectivity index (χ1n) is 6.01. The minimum Gasteiger partial charge on any atom is -0.312 e. The molecular formula is C15H15BrClNS. The summed E-state index contributed by atoms with van der Waals surface area (Å²) in [5.74, 6) is 0.958. The van der Waals surface area contributed by atoms with Gasteiger partial charge in [0.15, 0.2) is 0 Å². The molecule has 1 nitrogen and oxygen atoms in total. The van der Waals surface area contributed by atoms with Crippen molar-refractivity contribution in [2.45, 2.75) is 10.9 Å². The smallest absolute Gasteiger partial charge is 0.0413 e. The van der Waals surface area contributed by atoms with Gasteiger partial charge in [0.2, 0.25) is 0 Å². The van der Waals surface area contributed by atoms with Crippen molar-refractivity contribution in [1.82, 2.24) is 5.32 Å². The molecule has 0 radical (unpaired) electrons. The Bertz CT molecular complexity index is 547. The van der Waals surface area contributed by atoms with Gasteiger partial charge in [-0.05, 0) is 52.8 Å². The van der Waals surface area contributed by atoms with Crippen LogP contribution < -0.4 is 5.32 Å². The summed E-state index contributed by atoms with van der Waals surface area (Å²) < 4.78 is 1.14. The van der Waals surface area contributed by atoms with E-state index in [-0.39, 0.29) is 6.04 Å². The second-order valence-electron chi connectivity index (χ2n) is 4.14. The third-order valence-electron chi connectivity index (χ3n) is 2.84. The quantitative estimate of drug-likeness (QED) is 0.743. The highest BCUT2D eigenvalue weighted by atomic mass is 79.9. The third-order valence-corrected chi connectivity index (χ3v) is 5.20. The molecule has 1 N–H and O–H groups in total. The maximum absolute atomic E-state index is 6.05. The average molecular weight is 357 g/mol. The van der Waals surface area contributed by atoms with Crippen LogP contribution >= 0.6 is 39.3 Å². The average Bonchev–Trinajstić information content (AvgIpc) is 2.41. The van der Waals surface area contributed by atoms with Crippen LogP contribution in [0.1, 0.15) is 11.6 Å². The number of thioether (sulfide) groups is 1. The number of hydrogen-bond acceptors (Lipinski definition) is 2. The SMILES string of the molecule is CNC(CSc1ccccc1Br)c1cccc(Cl)c1. The Balaban J connectivity index is 2.06. The van der Waals surface area contributed by atoms with Gasteiger partial charge in [-0.25, -0.2) is 0 Å². The summed E-state index contributed by atoms with van der Waals surface area (Å²) in [5.41, 5.74) is 1.22. The zero-order valence-corrected chi connectivity index (χ0v) is 13.7. The lowest BCUT2D eigenvalue weighted by atomic mass is 10.1. The Morgan fingerprint density at radius 2 is 2.00 bits per heavy atom. The van der Waals surface area contributed by atoms with E-state index in [2.05, 4.69) is 45.5 Å². The molecule has 0 spiro atoms. The first kappa shape index (κ1) is 14.9. The number of halogens is 2. The Morgan fingerprint density at radius 1 is 1.21 bits per heavy atom. The van der Waals surface area contributed by atoms with Crippen LogP contribution in [0.3, 0.4) is 0 Å². The second kappa shape index (κ2) is 7.34. The summed E-state index contributed by atoms with van der Waals surface area (Å²) in [6, 6.07) is 16.6. The molecule has 0 aromatic heterocycles. The molecule has 19 heavy (non-hydrogen) atoms. The van der Waals surface area contributed by atoms with Crippen LogP contribution in [0.2, 0.25) is 5.02 Å². The van der Waals surface area contributed by atoms with E-state index >= 15 is 0 Å². The summed E-state index contributed by atoms with van der Waals surface area (Å²) in [6.45, 7) is 0. The minimum atomic E-state index is 0.288. The molecule has 0 bridgehead atoms. The van der Waals surface area contributed by atoms with Crippen molar-refractivity contribution < 1.29 is 0 Å². The molecule has 2 aromatic rings. The van der Waals surface area contributed by atoms with Crippen LogP contribution in [-0.2, 0) is 0 Å². The zero-order chi connectivity index (χ0) is 13.7. The standard InChI is InChI=1S/C15H15BrClNS/c1-18-14(11-5-4-6-12(17)9-11)10-19-15-8-3-2-7-13(15)16/h2-9,14,18H,10H2,1H3. The molecule has 4 heteroatoms. The van der Waals surface area contributed by atoms with Gasteiger partial charge in [-0.3, -0.25) is 0 Å². The van der Waals surface area contributed by atoms with E-state index in [0.717, 1.165) is 15.2 Å². The van der Waals surface area contributed by atoms with Crippen LogP contribution in [0.4, 0.5) is 0 Å². The second-order valence-corrected chi connectivity index (χ2v) is 6.49. The Kier molecular flexibility index (Phi) is 5.76. The lowest BCUT2D eigenvalue weighted by Crippen LogP contribution is -2.18. The van der Waals surface area contributed by atoms with Crippen LogP contribution in [0.5, 0.6) is 0 Å². The van der Waals surface area contributed by atoms with E-state index in [4.69, 9.17) is 11.6 Å². The Morgan fingerprint density at radius 3 is 2.68 bits per heavy atom. The van der Waals surface area contributed by atoms with Crippen molar-refractivity contribution in [3.05, 3.63) is 63.6 Å². The molecule has 0 aliphatic carbocycles. The van der Waals surface area contributed by atoms with Crippen molar-refractivity contribution in [3.63, 3.8) is 0 Å². The van der Waals surface area contributed by atoms with Crippen LogP contribution in [0.25, 0.3) is 0 Å². The lowest BCUT2D eigenvalue weighted by Gasteiger charge is -2.17. The van der Waals surface area contributed by atoms with E-state index < -0.39 is 0 Å². The van der Waals surface area contributed by atoms with Crippen LogP contribution in [0.15, 0.2) is 57.9 Å². The molecule has 0 aliphatic heterocycles. The molecule has 0 saturated carbocycles. The van der Waals surface area contributed by atoms with E-state index in [1.54, 1.807) is 0 Å². The summed E-state index contributed by atoms with van der Waals surface area (Å²) in [7, 11) is 1.98. The summed E-state index contributed by atoms with van der Waals surface area (Å²) in [6.07, 6.45) is 0. The third kappa shape index (κ3) is 4.25. The fourth-order valence-corrected chi connectivity index (χ4v) is 3.72. The topological polar surface area (TPSA) is 12.0 Å². The first-order chi connectivity index (χ1) is 9.20. The van der Waals surface area contributed by atoms with Gasteiger partial charge in [0.25, 0.3) is 0 Å². The molecule has 0 fully saturated rings. The van der Waals surface area contributed by atoms with Crippen molar-refractivity contribution >= 4 is 39.3 Å². The van der Waals surface area contributed by atoms with Crippen molar-refractivity contribution in [2.75, 3.05) is 12.8 Å². The van der Waals surface area contributed by atoms with Gasteiger partial charge in [0.05, 0.1) is 0 Å². The predicted molar refractivity (Wildman–Crippen MR) is 88.1 cm³/mol. The molecule has 0 aliphatic rings. The number of benzene rings is 2. The molecule has 0 saturated heterocycles. The van der Waals surface area contributed by atoms with E-state index in [9.17, 15) is 0 Å². The molecule has 2 aromatic carbocycles. The van der Waals surface area contributed by atoms with Crippen LogP contribution in [0, 0.1) is 0 Å². The maximum atomic E-state index is 6.05. The van der Waals surface area contributed by atoms with Gasteiger partial charge < -0.3 is 5.32 Å². The van der Waals surface area contributed by atoms with E-state index in [0.29, 0.717) is 0 Å². The highest BCUT2D eigenvalue weighted by molar-refractivity contribution is 9.10. The fourth-order valence-electron chi connectivity index (χ4n) is 1.80. The maximum Gasteiger partial charge on any atom is 0.0413 e. The summed E-state index contributed by atoms with van der Waals surface area (Å²) >= 11 is 11.4. The summed E-state index contributed by atoms with van der Waals surface area (Å²) in [5, 5.41) is 4.12. The summed E-state index contributed by atoms with van der Waals surface area (Å²) in [4.78, 5) is 1.25. The number of nitrogens with one attached hydrogen (secondary N) is 1. The largest absolute Gasteiger partial charge is 0.312 e. The van der Waals surface area contributed by atoms with E-state index in [1.165, 1.54) is 10.5 Å². The van der Waals surface area contributed by atoms with Crippen molar-refractivity contribution in [3.8, 4) is 0 Å². The molecule has 0 amide bonds. The molecular weight excluding hydrogens is 342 g/mol. The number of rotatable bonds is 5. The minimum absolute atomic E-state index is 0.288. The zero-order valence-electron chi connectivity index (χ0n) is 10.6.